The first-order valence-electron chi connectivity index (χ1n) is 6.14. The second kappa shape index (κ2) is 5.09. The van der Waals surface area contributed by atoms with E-state index in [1.54, 1.807) is 6.92 Å². The van der Waals surface area contributed by atoms with Gasteiger partial charge in [0.05, 0.1) is 5.56 Å². The zero-order chi connectivity index (χ0) is 15.8. The first kappa shape index (κ1) is 15.4. The first-order valence-corrected chi connectivity index (χ1v) is 6.14. The molecule has 0 unspecified atom stereocenters. The summed E-state index contributed by atoms with van der Waals surface area (Å²) < 4.78 is 56.1. The van der Waals surface area contributed by atoms with Crippen LogP contribution in [-0.2, 0) is 6.18 Å². The number of rotatable bonds is 3. The highest BCUT2D eigenvalue weighted by Crippen LogP contribution is 2.37. The normalized spacial score (nSPS) is 25.1. The van der Waals surface area contributed by atoms with Crippen LogP contribution in [0.4, 0.5) is 22.4 Å². The number of alkyl halides is 3. The zero-order valence-electron chi connectivity index (χ0n) is 11.0. The third kappa shape index (κ3) is 3.56. The maximum absolute atomic E-state index is 13.1. The van der Waals surface area contributed by atoms with Gasteiger partial charge in [0, 0.05) is 18.4 Å². The van der Waals surface area contributed by atoms with Gasteiger partial charge in [-0.15, -0.1) is 0 Å². The summed E-state index contributed by atoms with van der Waals surface area (Å²) in [4.78, 5) is 10.5. The quantitative estimate of drug-likeness (QED) is 0.841. The maximum Gasteiger partial charge on any atom is 0.419 e. The van der Waals surface area contributed by atoms with Crippen LogP contribution < -0.4 is 10.1 Å². The van der Waals surface area contributed by atoms with Gasteiger partial charge in [0.2, 0.25) is 0 Å². The number of ether oxygens (including phenoxy) is 1. The molecule has 2 rings (SSSR count). The highest BCUT2D eigenvalue weighted by Gasteiger charge is 2.43. The summed E-state index contributed by atoms with van der Waals surface area (Å²) in [6, 6.07) is 2.42. The Labute approximate surface area is 117 Å². The van der Waals surface area contributed by atoms with Crippen LogP contribution in [-0.4, -0.2) is 22.8 Å². The van der Waals surface area contributed by atoms with Gasteiger partial charge in [0.1, 0.15) is 17.7 Å². The summed E-state index contributed by atoms with van der Waals surface area (Å²) >= 11 is 0. The van der Waals surface area contributed by atoms with E-state index < -0.39 is 35.3 Å². The first-order chi connectivity index (χ1) is 9.59. The standard InChI is InChI=1S/C13H13F4NO3/c1-12(18-11(19)20)5-8(6-12)21-7-2-3-10(14)9(4-7)13(15,16)17/h2-4,8,18H,5-6H2,1H3,(H,19,20). The Balaban J connectivity index is 2.01. The van der Waals surface area contributed by atoms with Gasteiger partial charge >= 0.3 is 12.3 Å². The third-order valence-corrected chi connectivity index (χ3v) is 3.31. The fourth-order valence-corrected chi connectivity index (χ4v) is 2.38. The number of nitrogens with one attached hydrogen (secondary N) is 1. The Morgan fingerprint density at radius 3 is 2.57 bits per heavy atom. The Morgan fingerprint density at radius 1 is 1.43 bits per heavy atom. The lowest BCUT2D eigenvalue weighted by atomic mass is 9.76. The molecule has 116 valence electrons. The van der Waals surface area contributed by atoms with Crippen molar-refractivity contribution in [1.29, 1.82) is 0 Å². The van der Waals surface area contributed by atoms with E-state index in [-0.39, 0.29) is 5.75 Å². The molecule has 1 aromatic rings. The van der Waals surface area contributed by atoms with E-state index in [9.17, 15) is 22.4 Å². The predicted octanol–water partition coefficient (Wildman–Crippen LogP) is 3.41. The van der Waals surface area contributed by atoms with Gasteiger partial charge in [0.25, 0.3) is 0 Å². The second-order valence-corrected chi connectivity index (χ2v) is 5.28. The molecule has 21 heavy (non-hydrogen) atoms. The van der Waals surface area contributed by atoms with Gasteiger partial charge in [0.15, 0.2) is 0 Å². The van der Waals surface area contributed by atoms with E-state index >= 15 is 0 Å². The summed E-state index contributed by atoms with van der Waals surface area (Å²) in [7, 11) is 0. The molecule has 1 aliphatic rings. The van der Waals surface area contributed by atoms with Crippen molar-refractivity contribution in [3.05, 3.63) is 29.6 Å². The smallest absolute Gasteiger partial charge is 0.419 e. The van der Waals surface area contributed by atoms with Crippen LogP contribution in [0.5, 0.6) is 5.75 Å². The van der Waals surface area contributed by atoms with Gasteiger partial charge in [-0.1, -0.05) is 0 Å². The topological polar surface area (TPSA) is 58.6 Å². The van der Waals surface area contributed by atoms with E-state index in [1.165, 1.54) is 0 Å². The van der Waals surface area contributed by atoms with Crippen LogP contribution in [0, 0.1) is 5.82 Å². The lowest BCUT2D eigenvalue weighted by molar-refractivity contribution is -0.140. The van der Waals surface area contributed by atoms with Gasteiger partial charge in [-0.05, 0) is 25.1 Å². The van der Waals surface area contributed by atoms with Crippen LogP contribution in [0.2, 0.25) is 0 Å². The molecule has 4 nitrogen and oxygen atoms in total. The minimum atomic E-state index is -4.79. The summed E-state index contributed by atoms with van der Waals surface area (Å²) in [5.41, 5.74) is -2.03. The average Bonchev–Trinajstić information content (AvgIpc) is 2.27. The number of carboxylic acid groups (broad SMARTS) is 1. The lowest BCUT2D eigenvalue weighted by Gasteiger charge is -2.44. The molecule has 1 amide bonds. The second-order valence-electron chi connectivity index (χ2n) is 5.28. The molecular weight excluding hydrogens is 294 g/mol. The molecule has 0 bridgehead atoms. The van der Waals surface area contributed by atoms with E-state index in [4.69, 9.17) is 9.84 Å². The highest BCUT2D eigenvalue weighted by atomic mass is 19.4. The molecule has 1 fully saturated rings. The van der Waals surface area contributed by atoms with Gasteiger partial charge in [-0.2, -0.15) is 13.2 Å². The van der Waals surface area contributed by atoms with Crippen LogP contribution in [0.15, 0.2) is 18.2 Å². The molecule has 2 N–H and O–H groups in total. The van der Waals surface area contributed by atoms with Crippen molar-refractivity contribution in [3.63, 3.8) is 0 Å². The fraction of sp³-hybridized carbons (Fsp3) is 0.462. The minimum Gasteiger partial charge on any atom is -0.490 e. The molecule has 0 atom stereocenters. The highest BCUT2D eigenvalue weighted by molar-refractivity contribution is 5.65. The number of hydrogen-bond acceptors (Lipinski definition) is 2. The van der Waals surface area contributed by atoms with Gasteiger partial charge in [-0.3, -0.25) is 0 Å². The minimum absolute atomic E-state index is 0.0916. The Kier molecular flexibility index (Phi) is 3.73. The molecule has 1 saturated carbocycles. The van der Waals surface area contributed by atoms with Crippen molar-refractivity contribution in [3.8, 4) is 5.75 Å². The Morgan fingerprint density at radius 2 is 2.05 bits per heavy atom. The van der Waals surface area contributed by atoms with E-state index in [0.717, 1.165) is 6.07 Å². The number of hydrogen-bond donors (Lipinski definition) is 2. The monoisotopic (exact) mass is 307 g/mol. The Bertz CT molecular complexity index is 553. The van der Waals surface area contributed by atoms with E-state index in [2.05, 4.69) is 5.32 Å². The summed E-state index contributed by atoms with van der Waals surface area (Å²) in [6.07, 6.45) is -5.70. The molecule has 0 aliphatic heterocycles. The largest absolute Gasteiger partial charge is 0.490 e. The number of amides is 1. The van der Waals surface area contributed by atoms with Crippen molar-refractivity contribution in [1.82, 2.24) is 5.32 Å². The average molecular weight is 307 g/mol. The molecule has 8 heteroatoms. The SMILES string of the molecule is CC1(NC(=O)O)CC(Oc2ccc(F)c(C(F)(F)F)c2)C1. The molecule has 1 aliphatic carbocycles. The summed E-state index contributed by atoms with van der Waals surface area (Å²) in [5, 5.41) is 10.9. The van der Waals surface area contributed by atoms with E-state index in [1.807, 2.05) is 0 Å². The lowest BCUT2D eigenvalue weighted by Crippen LogP contribution is -2.58. The van der Waals surface area contributed by atoms with E-state index in [0.29, 0.717) is 25.0 Å². The summed E-state index contributed by atoms with van der Waals surface area (Å²) in [6.45, 7) is 1.67. The molecular formula is C13H13F4NO3. The van der Waals surface area contributed by atoms with Gasteiger partial charge < -0.3 is 15.2 Å². The van der Waals surface area contributed by atoms with Crippen molar-refractivity contribution >= 4 is 6.09 Å². The van der Waals surface area contributed by atoms with Crippen LogP contribution >= 0.6 is 0 Å². The molecule has 0 spiro atoms. The van der Waals surface area contributed by atoms with Crippen molar-refractivity contribution in [2.24, 2.45) is 0 Å². The zero-order valence-corrected chi connectivity index (χ0v) is 11.0. The maximum atomic E-state index is 13.1. The molecule has 1 aromatic carbocycles. The predicted molar refractivity (Wildman–Crippen MR) is 64.6 cm³/mol. The van der Waals surface area contributed by atoms with Crippen LogP contribution in [0.1, 0.15) is 25.3 Å². The molecule has 0 radical (unpaired) electrons. The van der Waals surface area contributed by atoms with Crippen molar-refractivity contribution in [2.45, 2.75) is 37.6 Å². The number of halogens is 4. The molecule has 0 saturated heterocycles. The summed E-state index contributed by atoms with van der Waals surface area (Å²) in [5.74, 6) is -1.45. The van der Waals surface area contributed by atoms with Crippen molar-refractivity contribution in [2.75, 3.05) is 0 Å². The Hall–Kier alpha value is -1.99. The number of carbonyl (C=O) groups is 1. The fourth-order valence-electron chi connectivity index (χ4n) is 2.38. The molecule has 0 aromatic heterocycles. The van der Waals surface area contributed by atoms with Crippen molar-refractivity contribution < 1.29 is 32.2 Å². The van der Waals surface area contributed by atoms with Crippen LogP contribution in [0.3, 0.4) is 0 Å². The number of benzene rings is 1. The van der Waals surface area contributed by atoms with Gasteiger partial charge in [-0.25, -0.2) is 9.18 Å². The van der Waals surface area contributed by atoms with Crippen LogP contribution in [0.25, 0.3) is 0 Å². The third-order valence-electron chi connectivity index (χ3n) is 3.31. The molecule has 0 heterocycles.